The largest absolute Gasteiger partial charge is 0.479 e. The Labute approximate surface area is 121 Å². The quantitative estimate of drug-likeness (QED) is 0.783. The molecule has 0 fully saturated rings. The number of aliphatic carboxylic acids is 1. The van der Waals surface area contributed by atoms with Crippen molar-refractivity contribution in [3.8, 4) is 0 Å². The SMILES string of the molecule is O=C(Nc1ccccc1CC(O)C(=O)O)c1ccccc1. The highest BCUT2D eigenvalue weighted by molar-refractivity contribution is 6.04. The first-order chi connectivity index (χ1) is 10.1. The van der Waals surface area contributed by atoms with Crippen LogP contribution in [0, 0.1) is 0 Å². The Morgan fingerprint density at radius 3 is 2.29 bits per heavy atom. The molecule has 5 heteroatoms. The molecule has 5 nitrogen and oxygen atoms in total. The van der Waals surface area contributed by atoms with Crippen LogP contribution >= 0.6 is 0 Å². The number of carboxylic acid groups (broad SMARTS) is 1. The summed E-state index contributed by atoms with van der Waals surface area (Å²) in [4.78, 5) is 22.8. The standard InChI is InChI=1S/C16H15NO4/c18-14(16(20)21)10-12-8-4-5-9-13(12)17-15(19)11-6-2-1-3-7-11/h1-9,14,18H,10H2,(H,17,19)(H,20,21). The van der Waals surface area contributed by atoms with Crippen molar-refractivity contribution in [3.63, 3.8) is 0 Å². The zero-order valence-electron chi connectivity index (χ0n) is 11.2. The molecule has 0 radical (unpaired) electrons. The highest BCUT2D eigenvalue weighted by Crippen LogP contribution is 2.18. The van der Waals surface area contributed by atoms with Gasteiger partial charge in [-0.15, -0.1) is 0 Å². The summed E-state index contributed by atoms with van der Waals surface area (Å²) in [5, 5.41) is 20.9. The molecular weight excluding hydrogens is 270 g/mol. The summed E-state index contributed by atoms with van der Waals surface area (Å²) in [5.74, 6) is -1.58. The second-order valence-electron chi connectivity index (χ2n) is 4.54. The normalized spacial score (nSPS) is 11.7. The minimum atomic E-state index is -1.50. The van der Waals surface area contributed by atoms with E-state index in [4.69, 9.17) is 5.11 Å². The Bertz CT molecular complexity index is 640. The molecule has 0 aliphatic carbocycles. The van der Waals surface area contributed by atoms with Crippen molar-refractivity contribution in [1.29, 1.82) is 0 Å². The summed E-state index contributed by atoms with van der Waals surface area (Å²) in [7, 11) is 0. The van der Waals surface area contributed by atoms with E-state index in [9.17, 15) is 14.7 Å². The van der Waals surface area contributed by atoms with Gasteiger partial charge in [-0.2, -0.15) is 0 Å². The number of carbonyl (C=O) groups is 2. The fourth-order valence-electron chi connectivity index (χ4n) is 1.90. The molecule has 0 aliphatic heterocycles. The van der Waals surface area contributed by atoms with Crippen molar-refractivity contribution in [1.82, 2.24) is 0 Å². The van der Waals surface area contributed by atoms with Crippen LogP contribution in [0.5, 0.6) is 0 Å². The summed E-state index contributed by atoms with van der Waals surface area (Å²) >= 11 is 0. The fourth-order valence-corrected chi connectivity index (χ4v) is 1.90. The fraction of sp³-hybridized carbons (Fsp3) is 0.125. The molecule has 0 saturated carbocycles. The number of benzene rings is 2. The van der Waals surface area contributed by atoms with E-state index in [0.29, 0.717) is 16.8 Å². The minimum absolute atomic E-state index is 0.0689. The van der Waals surface area contributed by atoms with Gasteiger partial charge in [-0.05, 0) is 23.8 Å². The number of carboxylic acids is 1. The first kappa shape index (κ1) is 14.7. The first-order valence-electron chi connectivity index (χ1n) is 6.43. The van der Waals surface area contributed by atoms with Crippen molar-refractivity contribution in [2.24, 2.45) is 0 Å². The van der Waals surface area contributed by atoms with Crippen molar-refractivity contribution in [2.75, 3.05) is 5.32 Å². The number of para-hydroxylation sites is 1. The van der Waals surface area contributed by atoms with Gasteiger partial charge in [-0.25, -0.2) is 4.79 Å². The number of aliphatic hydroxyl groups excluding tert-OH is 1. The lowest BCUT2D eigenvalue weighted by Crippen LogP contribution is -2.23. The lowest BCUT2D eigenvalue weighted by Gasteiger charge is -2.12. The van der Waals surface area contributed by atoms with Crippen LogP contribution in [0.25, 0.3) is 0 Å². The van der Waals surface area contributed by atoms with E-state index in [1.165, 1.54) is 0 Å². The maximum Gasteiger partial charge on any atom is 0.332 e. The molecule has 0 spiro atoms. The van der Waals surface area contributed by atoms with E-state index in [1.807, 2.05) is 6.07 Å². The summed E-state index contributed by atoms with van der Waals surface area (Å²) in [6, 6.07) is 15.5. The molecule has 3 N–H and O–H groups in total. The average molecular weight is 285 g/mol. The van der Waals surface area contributed by atoms with E-state index in [1.54, 1.807) is 48.5 Å². The maximum atomic E-state index is 12.1. The molecule has 2 aromatic rings. The van der Waals surface area contributed by atoms with Crippen LogP contribution < -0.4 is 5.32 Å². The van der Waals surface area contributed by atoms with Crippen LogP contribution in [0.15, 0.2) is 54.6 Å². The summed E-state index contributed by atoms with van der Waals surface area (Å²) in [5.41, 5.74) is 1.56. The number of rotatable bonds is 5. The van der Waals surface area contributed by atoms with Crippen LogP contribution in [0.2, 0.25) is 0 Å². The molecule has 108 valence electrons. The molecule has 1 atom stereocenters. The smallest absolute Gasteiger partial charge is 0.332 e. The number of amides is 1. The van der Waals surface area contributed by atoms with Gasteiger partial charge in [0, 0.05) is 17.7 Å². The average Bonchev–Trinajstić information content (AvgIpc) is 2.50. The Morgan fingerprint density at radius 1 is 1.00 bits per heavy atom. The third-order valence-corrected chi connectivity index (χ3v) is 3.00. The van der Waals surface area contributed by atoms with E-state index < -0.39 is 12.1 Å². The van der Waals surface area contributed by atoms with Gasteiger partial charge in [0.25, 0.3) is 5.91 Å². The summed E-state index contributed by atoms with van der Waals surface area (Å²) < 4.78 is 0. The van der Waals surface area contributed by atoms with E-state index >= 15 is 0 Å². The molecule has 0 bridgehead atoms. The van der Waals surface area contributed by atoms with Crippen LogP contribution in [0.4, 0.5) is 5.69 Å². The predicted octanol–water partition coefficient (Wildman–Crippen LogP) is 1.93. The lowest BCUT2D eigenvalue weighted by molar-refractivity contribution is -0.146. The first-order valence-corrected chi connectivity index (χ1v) is 6.43. The van der Waals surface area contributed by atoms with Crippen molar-refractivity contribution >= 4 is 17.6 Å². The molecule has 0 aliphatic rings. The van der Waals surface area contributed by atoms with Crippen LogP contribution in [-0.4, -0.2) is 28.2 Å². The lowest BCUT2D eigenvalue weighted by atomic mass is 10.1. The zero-order chi connectivity index (χ0) is 15.2. The second-order valence-corrected chi connectivity index (χ2v) is 4.54. The minimum Gasteiger partial charge on any atom is -0.479 e. The van der Waals surface area contributed by atoms with Crippen LogP contribution in [-0.2, 0) is 11.2 Å². The third kappa shape index (κ3) is 3.90. The molecule has 2 aromatic carbocycles. The highest BCUT2D eigenvalue weighted by atomic mass is 16.4. The Kier molecular flexibility index (Phi) is 4.68. The topological polar surface area (TPSA) is 86.6 Å². The van der Waals surface area contributed by atoms with Gasteiger partial charge in [0.05, 0.1) is 0 Å². The number of hydrogen-bond acceptors (Lipinski definition) is 3. The van der Waals surface area contributed by atoms with Crippen molar-refractivity contribution in [2.45, 2.75) is 12.5 Å². The molecule has 0 heterocycles. The number of aliphatic hydroxyl groups is 1. The summed E-state index contributed by atoms with van der Waals surface area (Å²) in [6.45, 7) is 0. The molecule has 0 saturated heterocycles. The highest BCUT2D eigenvalue weighted by Gasteiger charge is 2.16. The van der Waals surface area contributed by atoms with Crippen molar-refractivity contribution < 1.29 is 19.8 Å². The Balaban J connectivity index is 2.17. The number of nitrogens with one attached hydrogen (secondary N) is 1. The number of carbonyl (C=O) groups excluding carboxylic acids is 1. The van der Waals surface area contributed by atoms with E-state index in [-0.39, 0.29) is 12.3 Å². The molecule has 1 unspecified atom stereocenters. The molecular formula is C16H15NO4. The molecule has 2 rings (SSSR count). The van der Waals surface area contributed by atoms with Gasteiger partial charge in [0.2, 0.25) is 0 Å². The Morgan fingerprint density at radius 2 is 1.62 bits per heavy atom. The molecule has 21 heavy (non-hydrogen) atoms. The van der Waals surface area contributed by atoms with Gasteiger partial charge in [-0.3, -0.25) is 4.79 Å². The number of anilines is 1. The predicted molar refractivity (Wildman–Crippen MR) is 78.2 cm³/mol. The zero-order valence-corrected chi connectivity index (χ0v) is 11.2. The van der Waals surface area contributed by atoms with Gasteiger partial charge in [0.1, 0.15) is 0 Å². The Hall–Kier alpha value is -2.66. The van der Waals surface area contributed by atoms with Gasteiger partial charge in [0.15, 0.2) is 6.10 Å². The second kappa shape index (κ2) is 6.67. The van der Waals surface area contributed by atoms with Gasteiger partial charge in [-0.1, -0.05) is 36.4 Å². The monoisotopic (exact) mass is 285 g/mol. The number of hydrogen-bond donors (Lipinski definition) is 3. The van der Waals surface area contributed by atoms with E-state index in [0.717, 1.165) is 0 Å². The summed E-state index contributed by atoms with van der Waals surface area (Å²) in [6.07, 6.45) is -1.57. The van der Waals surface area contributed by atoms with Crippen LogP contribution in [0.3, 0.4) is 0 Å². The van der Waals surface area contributed by atoms with E-state index in [2.05, 4.69) is 5.32 Å². The van der Waals surface area contributed by atoms with Crippen LogP contribution in [0.1, 0.15) is 15.9 Å². The van der Waals surface area contributed by atoms with Gasteiger partial charge < -0.3 is 15.5 Å². The third-order valence-electron chi connectivity index (χ3n) is 3.00. The van der Waals surface area contributed by atoms with Crippen molar-refractivity contribution in [3.05, 3.63) is 65.7 Å². The maximum absolute atomic E-state index is 12.1. The molecule has 1 amide bonds. The molecule has 0 aromatic heterocycles. The van der Waals surface area contributed by atoms with Gasteiger partial charge >= 0.3 is 5.97 Å².